The molecule has 4 heterocycles. The highest BCUT2D eigenvalue weighted by Crippen LogP contribution is 2.35. The van der Waals surface area contributed by atoms with E-state index in [-0.39, 0.29) is 6.04 Å². The largest absolute Gasteiger partial charge is 0.375 e. The minimum atomic E-state index is -0.491. The third-order valence-corrected chi connectivity index (χ3v) is 5.68. The molecule has 1 aliphatic heterocycles. The van der Waals surface area contributed by atoms with Gasteiger partial charge < -0.3 is 13.8 Å². The second kappa shape index (κ2) is 7.39. The third kappa shape index (κ3) is 3.38. The van der Waals surface area contributed by atoms with Crippen LogP contribution in [0.2, 0.25) is 5.02 Å². The van der Waals surface area contributed by atoms with Crippen LogP contribution in [0.25, 0.3) is 21.9 Å². The van der Waals surface area contributed by atoms with E-state index in [1.807, 2.05) is 31.2 Å². The first-order valence-corrected chi connectivity index (χ1v) is 10.0. The lowest BCUT2D eigenvalue weighted by atomic mass is 10.0. The Morgan fingerprint density at radius 3 is 2.97 bits per heavy atom. The van der Waals surface area contributed by atoms with Crippen molar-refractivity contribution in [2.45, 2.75) is 38.3 Å². The van der Waals surface area contributed by atoms with E-state index >= 15 is 0 Å². The van der Waals surface area contributed by atoms with E-state index in [0.29, 0.717) is 24.5 Å². The van der Waals surface area contributed by atoms with Gasteiger partial charge in [-0.1, -0.05) is 16.8 Å². The van der Waals surface area contributed by atoms with Gasteiger partial charge in [0, 0.05) is 29.1 Å². The fraction of sp³-hybridized carbons (Fsp3) is 0.381. The van der Waals surface area contributed by atoms with Gasteiger partial charge in [-0.3, -0.25) is 4.98 Å². The molecule has 1 saturated heterocycles. The van der Waals surface area contributed by atoms with E-state index in [1.165, 1.54) is 0 Å². The van der Waals surface area contributed by atoms with Gasteiger partial charge in [-0.15, -0.1) is 0 Å². The summed E-state index contributed by atoms with van der Waals surface area (Å²) in [6.45, 7) is 1.89. The molecule has 4 aromatic rings. The maximum atomic E-state index is 13.4. The summed E-state index contributed by atoms with van der Waals surface area (Å²) in [5, 5.41) is 5.70. The summed E-state index contributed by atoms with van der Waals surface area (Å²) in [7, 11) is 0. The maximum Gasteiger partial charge on any atom is 0.133 e. The van der Waals surface area contributed by atoms with Crippen molar-refractivity contribution in [2.75, 3.05) is 13.3 Å². The molecule has 1 aromatic carbocycles. The van der Waals surface area contributed by atoms with E-state index < -0.39 is 12.8 Å². The van der Waals surface area contributed by atoms with Crippen LogP contribution in [-0.2, 0) is 11.2 Å². The van der Waals surface area contributed by atoms with Crippen LogP contribution in [0, 0.1) is 6.92 Å². The first-order valence-electron chi connectivity index (χ1n) is 9.67. The molecular formula is C21H20ClFN4O2. The van der Waals surface area contributed by atoms with Gasteiger partial charge in [-0.05, 0) is 38.0 Å². The molecule has 6 nitrogen and oxygen atoms in total. The van der Waals surface area contributed by atoms with Crippen molar-refractivity contribution in [1.82, 2.24) is 19.7 Å². The van der Waals surface area contributed by atoms with Crippen LogP contribution in [0.4, 0.5) is 4.39 Å². The average Bonchev–Trinajstić information content (AvgIpc) is 3.31. The molecule has 1 aliphatic rings. The van der Waals surface area contributed by atoms with E-state index in [2.05, 4.69) is 14.7 Å². The number of pyridine rings is 1. The standard InChI is InChI=1S/C21H20ClFN4O2/c1-12-6-14(26-29-12)8-20-25-19-11-24-18-3-2-13(22)7-17(18)21(19)27(20)15-4-5-28-16(9-15)10-23/h2-3,6-7,11,15-16H,4-5,8-10H2,1H3/t15-,16+/m1/s1. The number of rotatable bonds is 4. The van der Waals surface area contributed by atoms with Crippen molar-refractivity contribution in [3.05, 3.63) is 52.8 Å². The normalized spacial score (nSPS) is 20.0. The summed E-state index contributed by atoms with van der Waals surface area (Å²) >= 11 is 6.29. The first-order chi connectivity index (χ1) is 14.1. The van der Waals surface area contributed by atoms with Crippen LogP contribution >= 0.6 is 11.6 Å². The molecule has 2 atom stereocenters. The number of benzene rings is 1. The summed E-state index contributed by atoms with van der Waals surface area (Å²) in [6.07, 6.45) is 3.29. The zero-order valence-corrected chi connectivity index (χ0v) is 16.7. The first kappa shape index (κ1) is 18.5. The minimum Gasteiger partial charge on any atom is -0.375 e. The second-order valence-electron chi connectivity index (χ2n) is 7.48. The Morgan fingerprint density at radius 2 is 2.17 bits per heavy atom. The van der Waals surface area contributed by atoms with Gasteiger partial charge in [-0.2, -0.15) is 0 Å². The highest BCUT2D eigenvalue weighted by atomic mass is 35.5. The van der Waals surface area contributed by atoms with Crippen LogP contribution in [0.3, 0.4) is 0 Å². The molecule has 0 N–H and O–H groups in total. The van der Waals surface area contributed by atoms with Crippen molar-refractivity contribution in [2.24, 2.45) is 0 Å². The molecule has 29 heavy (non-hydrogen) atoms. The fourth-order valence-electron chi connectivity index (χ4n) is 4.18. The molecule has 1 fully saturated rings. The molecule has 0 radical (unpaired) electrons. The highest BCUT2D eigenvalue weighted by molar-refractivity contribution is 6.31. The predicted octanol–water partition coefficient (Wildman–Crippen LogP) is 4.81. The lowest BCUT2D eigenvalue weighted by Gasteiger charge is -2.30. The molecule has 5 rings (SSSR count). The minimum absolute atomic E-state index is 0.0714. The molecular weight excluding hydrogens is 395 g/mol. The number of ether oxygens (including phenoxy) is 1. The quantitative estimate of drug-likeness (QED) is 0.479. The number of alkyl halides is 1. The van der Waals surface area contributed by atoms with E-state index in [0.717, 1.165) is 45.6 Å². The smallest absolute Gasteiger partial charge is 0.133 e. The van der Waals surface area contributed by atoms with Gasteiger partial charge >= 0.3 is 0 Å². The monoisotopic (exact) mass is 414 g/mol. The maximum absolute atomic E-state index is 13.4. The van der Waals surface area contributed by atoms with Gasteiger partial charge in [0.15, 0.2) is 0 Å². The second-order valence-corrected chi connectivity index (χ2v) is 7.92. The van der Waals surface area contributed by atoms with Gasteiger partial charge in [-0.25, -0.2) is 9.37 Å². The number of halogens is 2. The van der Waals surface area contributed by atoms with Crippen LogP contribution in [0.5, 0.6) is 0 Å². The van der Waals surface area contributed by atoms with Crippen LogP contribution in [0.1, 0.15) is 36.2 Å². The molecule has 0 amide bonds. The van der Waals surface area contributed by atoms with Crippen LogP contribution < -0.4 is 0 Å². The summed E-state index contributed by atoms with van der Waals surface area (Å²) in [6, 6.07) is 7.63. The molecule has 3 aromatic heterocycles. The molecule has 8 heteroatoms. The van der Waals surface area contributed by atoms with Crippen molar-refractivity contribution in [1.29, 1.82) is 0 Å². The number of hydrogen-bond acceptors (Lipinski definition) is 5. The van der Waals surface area contributed by atoms with E-state index in [1.54, 1.807) is 6.20 Å². The molecule has 0 bridgehead atoms. The van der Waals surface area contributed by atoms with Gasteiger partial charge in [0.05, 0.1) is 35.4 Å². The van der Waals surface area contributed by atoms with Crippen molar-refractivity contribution in [3.8, 4) is 0 Å². The lowest BCUT2D eigenvalue weighted by Crippen LogP contribution is -2.29. The van der Waals surface area contributed by atoms with Crippen molar-refractivity contribution in [3.63, 3.8) is 0 Å². The number of imidazole rings is 1. The van der Waals surface area contributed by atoms with Gasteiger partial charge in [0.25, 0.3) is 0 Å². The molecule has 0 saturated carbocycles. The Bertz CT molecular complexity index is 1190. The average molecular weight is 415 g/mol. The molecule has 0 aliphatic carbocycles. The Hall–Kier alpha value is -2.51. The zero-order valence-electron chi connectivity index (χ0n) is 15.9. The lowest BCUT2D eigenvalue weighted by molar-refractivity contribution is -0.0176. The Labute approximate surface area is 171 Å². The summed E-state index contributed by atoms with van der Waals surface area (Å²) in [4.78, 5) is 9.40. The number of fused-ring (bicyclic) bond motifs is 3. The summed E-state index contributed by atoms with van der Waals surface area (Å²) in [5.74, 6) is 1.61. The van der Waals surface area contributed by atoms with E-state index in [9.17, 15) is 4.39 Å². The predicted molar refractivity (Wildman–Crippen MR) is 108 cm³/mol. The Balaban J connectivity index is 1.72. The summed E-state index contributed by atoms with van der Waals surface area (Å²) < 4.78 is 26.4. The summed E-state index contributed by atoms with van der Waals surface area (Å²) in [5.41, 5.74) is 3.42. The number of aromatic nitrogens is 4. The molecule has 150 valence electrons. The third-order valence-electron chi connectivity index (χ3n) is 5.44. The highest BCUT2D eigenvalue weighted by Gasteiger charge is 2.28. The number of nitrogens with zero attached hydrogens (tertiary/aromatic N) is 4. The number of hydrogen-bond donors (Lipinski definition) is 0. The van der Waals surface area contributed by atoms with Gasteiger partial charge in [0.1, 0.15) is 23.8 Å². The Kier molecular flexibility index (Phi) is 4.72. The fourth-order valence-corrected chi connectivity index (χ4v) is 4.35. The van der Waals surface area contributed by atoms with Crippen molar-refractivity contribution < 1.29 is 13.7 Å². The van der Waals surface area contributed by atoms with E-state index in [4.69, 9.17) is 25.8 Å². The molecule has 0 spiro atoms. The van der Waals surface area contributed by atoms with Gasteiger partial charge in [0.2, 0.25) is 0 Å². The topological polar surface area (TPSA) is 66.0 Å². The zero-order chi connectivity index (χ0) is 20.0. The number of aryl methyl sites for hydroxylation is 1. The SMILES string of the molecule is Cc1cc(Cc2nc3cnc4ccc(Cl)cc4c3n2[C@@H]2CCO[C@H](CF)C2)no1. The van der Waals surface area contributed by atoms with Crippen molar-refractivity contribution >= 4 is 33.5 Å². The van der Waals surface area contributed by atoms with Crippen LogP contribution in [0.15, 0.2) is 35.0 Å². The van der Waals surface area contributed by atoms with Crippen LogP contribution in [-0.4, -0.2) is 39.1 Å². The molecule has 0 unspecified atom stereocenters. The Morgan fingerprint density at radius 1 is 1.28 bits per heavy atom.